The molecule has 0 radical (unpaired) electrons. The first-order valence-corrected chi connectivity index (χ1v) is 20.3. The van der Waals surface area contributed by atoms with E-state index in [0.717, 1.165) is 59.1 Å². The summed E-state index contributed by atoms with van der Waals surface area (Å²) in [6.07, 6.45) is 5.62. The molecule has 2 atom stereocenters. The van der Waals surface area contributed by atoms with E-state index in [0.29, 0.717) is 12.2 Å². The number of nitrogens with zero attached hydrogens (tertiary/aromatic N) is 6. The van der Waals surface area contributed by atoms with Crippen LogP contribution in [0.2, 0.25) is 0 Å². The number of hydrogen-bond acceptors (Lipinski definition) is 8. The largest absolute Gasteiger partial charge is 0.508 e. The van der Waals surface area contributed by atoms with Gasteiger partial charge < -0.3 is 34.1 Å². The third-order valence-corrected chi connectivity index (χ3v) is 11.9. The molecule has 59 heavy (non-hydrogen) atoms. The van der Waals surface area contributed by atoms with Gasteiger partial charge in [-0.15, -0.1) is 6.58 Å². The minimum atomic E-state index is -0.897. The first kappa shape index (κ1) is 39.6. The van der Waals surface area contributed by atoms with E-state index in [2.05, 4.69) is 23.8 Å². The van der Waals surface area contributed by atoms with Crippen molar-refractivity contribution in [3.63, 3.8) is 0 Å². The lowest BCUT2D eigenvalue weighted by Crippen LogP contribution is -2.75. The van der Waals surface area contributed by atoms with Gasteiger partial charge in [0.1, 0.15) is 23.7 Å². The van der Waals surface area contributed by atoms with Crippen molar-refractivity contribution in [2.24, 2.45) is 7.05 Å². The molecular formula is C46H51N7O6. The lowest BCUT2D eigenvalue weighted by Gasteiger charge is -2.55. The number of fused-ring (bicyclic) bond motifs is 2. The minimum absolute atomic E-state index is 0.0707. The molecule has 306 valence electrons. The number of phenols is 1. The third-order valence-electron chi connectivity index (χ3n) is 11.9. The molecule has 0 spiro atoms. The molecule has 13 nitrogen and oxygen atoms in total. The molecule has 4 amide bonds. The number of piperazine rings is 1. The molecule has 3 aromatic carbocycles. The van der Waals surface area contributed by atoms with E-state index in [-0.39, 0.29) is 80.2 Å². The Balaban J connectivity index is 1.10. The Morgan fingerprint density at radius 1 is 0.932 bits per heavy atom. The van der Waals surface area contributed by atoms with Crippen molar-refractivity contribution in [2.75, 3.05) is 39.8 Å². The molecule has 2 N–H and O–H groups in total. The summed E-state index contributed by atoms with van der Waals surface area (Å²) < 4.78 is 8.18. The quantitative estimate of drug-likeness (QED) is 0.170. The van der Waals surface area contributed by atoms with Crippen molar-refractivity contribution >= 4 is 34.5 Å². The number of aromatic nitrogens is 1. The fourth-order valence-corrected chi connectivity index (χ4v) is 8.87. The van der Waals surface area contributed by atoms with E-state index in [1.807, 2.05) is 72.4 Å². The van der Waals surface area contributed by atoms with Crippen molar-refractivity contribution in [3.8, 4) is 17.1 Å². The molecule has 3 aliphatic heterocycles. The van der Waals surface area contributed by atoms with Crippen molar-refractivity contribution in [1.29, 1.82) is 0 Å². The van der Waals surface area contributed by atoms with Gasteiger partial charge in [-0.1, -0.05) is 66.7 Å². The first-order chi connectivity index (χ1) is 28.6. The summed E-state index contributed by atoms with van der Waals surface area (Å²) >= 11 is 0. The average molecular weight is 798 g/mol. The number of carbonyl (C=O) groups excluding carboxylic acids is 4. The van der Waals surface area contributed by atoms with Crippen molar-refractivity contribution in [2.45, 2.75) is 56.9 Å². The predicted molar refractivity (Wildman–Crippen MR) is 224 cm³/mol. The Bertz CT molecular complexity index is 2350. The Hall–Kier alpha value is -6.18. The highest BCUT2D eigenvalue weighted by molar-refractivity contribution is 5.98. The maximum absolute atomic E-state index is 14.8. The second-order valence-corrected chi connectivity index (χ2v) is 15.9. The van der Waals surface area contributed by atoms with E-state index >= 15 is 0 Å². The number of hydrogen-bond donors (Lipinski definition) is 2. The van der Waals surface area contributed by atoms with Crippen LogP contribution in [0.25, 0.3) is 22.2 Å². The van der Waals surface area contributed by atoms with Crippen LogP contribution in [0.3, 0.4) is 0 Å². The second-order valence-electron chi connectivity index (χ2n) is 15.9. The summed E-state index contributed by atoms with van der Waals surface area (Å²) in [6.45, 7) is 6.31. The summed E-state index contributed by atoms with van der Waals surface area (Å²) in [7, 11) is 4.03. The molecule has 5 heterocycles. The molecule has 2 aromatic heterocycles. The summed E-state index contributed by atoms with van der Waals surface area (Å²) in [6, 6.07) is 25.1. The number of likely N-dealkylation sites (tertiary alicyclic amines) is 1. The number of rotatable bonds is 12. The van der Waals surface area contributed by atoms with Gasteiger partial charge in [-0.2, -0.15) is 0 Å². The van der Waals surface area contributed by atoms with E-state index in [4.69, 9.17) is 4.42 Å². The van der Waals surface area contributed by atoms with Crippen LogP contribution in [-0.2, 0) is 40.8 Å². The number of para-hydroxylation sites is 1. The van der Waals surface area contributed by atoms with Crippen molar-refractivity contribution in [3.05, 3.63) is 126 Å². The van der Waals surface area contributed by atoms with Gasteiger partial charge in [-0.05, 0) is 80.4 Å². The van der Waals surface area contributed by atoms with Crippen LogP contribution in [0.1, 0.15) is 46.5 Å². The van der Waals surface area contributed by atoms with Crippen LogP contribution in [0.15, 0.2) is 108 Å². The van der Waals surface area contributed by atoms with Crippen LogP contribution in [0.4, 0.5) is 0 Å². The highest BCUT2D eigenvalue weighted by Crippen LogP contribution is 2.35. The van der Waals surface area contributed by atoms with Crippen molar-refractivity contribution in [1.82, 2.24) is 34.6 Å². The van der Waals surface area contributed by atoms with Gasteiger partial charge in [0, 0.05) is 56.2 Å². The minimum Gasteiger partial charge on any atom is -0.508 e. The van der Waals surface area contributed by atoms with Gasteiger partial charge >= 0.3 is 0 Å². The molecule has 0 saturated carbocycles. The molecule has 0 aliphatic carbocycles. The summed E-state index contributed by atoms with van der Waals surface area (Å²) in [5, 5.41) is 17.5. The van der Waals surface area contributed by atoms with Gasteiger partial charge in [0.05, 0.1) is 18.6 Å². The average Bonchev–Trinajstić information content (AvgIpc) is 3.86. The Morgan fingerprint density at radius 2 is 1.69 bits per heavy atom. The van der Waals surface area contributed by atoms with Crippen LogP contribution in [0.5, 0.6) is 5.75 Å². The molecule has 0 bridgehead atoms. The summed E-state index contributed by atoms with van der Waals surface area (Å²) in [5.41, 5.74) is 4.39. The number of phenolic OH excluding ortho intramolecular Hbond substituents is 1. The lowest BCUT2D eigenvalue weighted by molar-refractivity contribution is -0.205. The van der Waals surface area contributed by atoms with Crippen LogP contribution < -0.4 is 5.32 Å². The number of amides is 4. The van der Waals surface area contributed by atoms with Gasteiger partial charge in [0.25, 0.3) is 5.91 Å². The number of piperidine rings is 1. The van der Waals surface area contributed by atoms with Crippen LogP contribution in [0, 0.1) is 0 Å². The number of carbonyl (C=O) groups is 4. The van der Waals surface area contributed by atoms with E-state index in [1.54, 1.807) is 56.2 Å². The zero-order valence-corrected chi connectivity index (χ0v) is 33.6. The van der Waals surface area contributed by atoms with E-state index in [9.17, 15) is 24.3 Å². The van der Waals surface area contributed by atoms with Gasteiger partial charge in [0.2, 0.25) is 17.7 Å². The normalized spacial score (nSPS) is 19.3. The Morgan fingerprint density at radius 3 is 2.44 bits per heavy atom. The van der Waals surface area contributed by atoms with E-state index in [1.165, 1.54) is 0 Å². The molecule has 5 aromatic rings. The molecule has 3 saturated heterocycles. The molecular weight excluding hydrogens is 747 g/mol. The lowest BCUT2D eigenvalue weighted by atomic mass is 9.97. The SMILES string of the molecule is C=CCN1CC(=O)N2[C@@H](Cc3ccc(O)cc3)C(=O)N(Cc3cccc4c(-c5ccc(C(=O)NC6CCN(C)CC6)o5)cn(C)c34)C[C@@H]2N1C(=O)CCc1ccccc1. The van der Waals surface area contributed by atoms with Crippen LogP contribution in [-0.4, -0.2) is 116 Å². The fourth-order valence-electron chi connectivity index (χ4n) is 8.87. The summed E-state index contributed by atoms with van der Waals surface area (Å²) in [5.74, 6) is 0.0686. The summed E-state index contributed by atoms with van der Waals surface area (Å²) in [4.78, 5) is 62.0. The highest BCUT2D eigenvalue weighted by Gasteiger charge is 2.51. The molecule has 8 rings (SSSR count). The molecule has 3 aliphatic rings. The maximum atomic E-state index is 14.8. The number of nitrogens with one attached hydrogen (secondary N) is 1. The zero-order valence-electron chi connectivity index (χ0n) is 33.6. The molecule has 13 heteroatoms. The van der Waals surface area contributed by atoms with E-state index < -0.39 is 12.2 Å². The third kappa shape index (κ3) is 8.26. The van der Waals surface area contributed by atoms with Crippen molar-refractivity contribution < 1.29 is 28.7 Å². The smallest absolute Gasteiger partial charge is 0.287 e. The second kappa shape index (κ2) is 17.0. The van der Waals surface area contributed by atoms with Gasteiger partial charge in [-0.3, -0.25) is 19.2 Å². The van der Waals surface area contributed by atoms with Gasteiger partial charge in [-0.25, -0.2) is 10.0 Å². The predicted octanol–water partition coefficient (Wildman–Crippen LogP) is 4.95. The molecule has 0 unspecified atom stereocenters. The number of hydrazine groups is 1. The fraction of sp³-hybridized carbons (Fsp3) is 0.348. The highest BCUT2D eigenvalue weighted by atomic mass is 16.4. The Kier molecular flexibility index (Phi) is 11.4. The topological polar surface area (TPSA) is 135 Å². The molecule has 3 fully saturated rings. The van der Waals surface area contributed by atoms with Crippen LogP contribution >= 0.6 is 0 Å². The van der Waals surface area contributed by atoms with Gasteiger partial charge in [0.15, 0.2) is 5.76 Å². The number of furan rings is 1. The number of aryl methyl sites for hydroxylation is 2. The number of aromatic hydroxyl groups is 1. The number of benzene rings is 3. The zero-order chi connectivity index (χ0) is 41.2. The maximum Gasteiger partial charge on any atom is 0.287 e. The standard InChI is InChI=1S/C46H51N7O6/c1-4-23-51-30-43(56)52-38(26-32-13-16-35(54)17-14-32)46(58)50(29-41(52)53(51)42(55)20-15-31-9-6-5-7-10-31)27-33-11-8-12-36-37(28-49(3)44(33)36)39-18-19-40(59-39)45(57)47-34-21-24-48(2)25-22-34/h4-14,16-19,28,34,38,41,54H,1,15,20-27,29-30H2,2-3H3,(H,47,57)/t38-,41-/m0/s1. The Labute approximate surface area is 344 Å². The monoisotopic (exact) mass is 797 g/mol. The first-order valence-electron chi connectivity index (χ1n) is 20.3.